The van der Waals surface area contributed by atoms with E-state index in [0.29, 0.717) is 5.01 Å². The molecule has 92 valence electrons. The molecule has 0 atom stereocenters. The van der Waals surface area contributed by atoms with Crippen LogP contribution in [0.1, 0.15) is 15.4 Å². The summed E-state index contributed by atoms with van der Waals surface area (Å²) in [6.07, 6.45) is 1.61. The Labute approximate surface area is 106 Å². The van der Waals surface area contributed by atoms with Crippen molar-refractivity contribution in [3.8, 4) is 0 Å². The highest BCUT2D eigenvalue weighted by atomic mass is 32.1. The Morgan fingerprint density at radius 1 is 1.50 bits per heavy atom. The van der Waals surface area contributed by atoms with Gasteiger partial charge in [0.2, 0.25) is 0 Å². The number of nitrogens with zero attached hydrogens (tertiary/aromatic N) is 2. The van der Waals surface area contributed by atoms with Gasteiger partial charge in [0.15, 0.2) is 0 Å². The number of nitro groups is 1. The molecule has 2 rings (SSSR count). The lowest BCUT2D eigenvalue weighted by Gasteiger charge is -2.02. The molecular weight excluding hydrogens is 256 g/mol. The molecule has 7 heteroatoms. The van der Waals surface area contributed by atoms with E-state index < -0.39 is 10.9 Å². The molecule has 2 aromatic rings. The summed E-state index contributed by atoms with van der Waals surface area (Å²) in [5.41, 5.74) is 0.0134. The van der Waals surface area contributed by atoms with Gasteiger partial charge >= 0.3 is 5.97 Å². The number of nitro benzene ring substituents is 1. The van der Waals surface area contributed by atoms with Crippen LogP contribution in [0.15, 0.2) is 35.8 Å². The number of carbonyl (C=O) groups is 1. The molecule has 0 spiro atoms. The Kier molecular flexibility index (Phi) is 3.63. The first-order valence-electron chi connectivity index (χ1n) is 4.97. The van der Waals surface area contributed by atoms with Crippen molar-refractivity contribution in [2.24, 2.45) is 0 Å². The third-order valence-corrected chi connectivity index (χ3v) is 2.86. The third-order valence-electron chi connectivity index (χ3n) is 2.10. The number of rotatable bonds is 4. The first kappa shape index (κ1) is 12.2. The van der Waals surface area contributed by atoms with Crippen LogP contribution in [0, 0.1) is 10.1 Å². The van der Waals surface area contributed by atoms with Gasteiger partial charge in [-0.3, -0.25) is 10.1 Å². The lowest BCUT2D eigenvalue weighted by atomic mass is 10.2. The minimum absolute atomic E-state index is 0.0686. The molecule has 0 saturated carbocycles. The van der Waals surface area contributed by atoms with Gasteiger partial charge < -0.3 is 4.74 Å². The van der Waals surface area contributed by atoms with Crippen LogP contribution in [0.4, 0.5) is 5.69 Å². The maximum Gasteiger partial charge on any atom is 0.338 e. The molecule has 0 radical (unpaired) electrons. The molecule has 0 aliphatic rings. The van der Waals surface area contributed by atoms with Gasteiger partial charge in [0.25, 0.3) is 5.69 Å². The van der Waals surface area contributed by atoms with E-state index in [1.54, 1.807) is 11.6 Å². The van der Waals surface area contributed by atoms with Crippen molar-refractivity contribution in [2.45, 2.75) is 6.61 Å². The monoisotopic (exact) mass is 264 g/mol. The SMILES string of the molecule is O=C(OCc1nccs1)c1cccc([N+](=O)[O-])c1. The van der Waals surface area contributed by atoms with Crippen molar-refractivity contribution in [3.63, 3.8) is 0 Å². The number of hydrogen-bond acceptors (Lipinski definition) is 6. The fourth-order valence-electron chi connectivity index (χ4n) is 1.28. The average molecular weight is 264 g/mol. The van der Waals surface area contributed by atoms with Crippen LogP contribution < -0.4 is 0 Å². The Morgan fingerprint density at radius 2 is 2.33 bits per heavy atom. The number of hydrogen-bond donors (Lipinski definition) is 0. The number of non-ortho nitro benzene ring substituents is 1. The number of benzene rings is 1. The summed E-state index contributed by atoms with van der Waals surface area (Å²) in [5.74, 6) is -0.603. The van der Waals surface area contributed by atoms with Crippen molar-refractivity contribution in [1.82, 2.24) is 4.98 Å². The summed E-state index contributed by atoms with van der Waals surface area (Å²) >= 11 is 1.37. The number of thiazole rings is 1. The van der Waals surface area contributed by atoms with Gasteiger partial charge in [-0.25, -0.2) is 9.78 Å². The molecule has 0 bridgehead atoms. The van der Waals surface area contributed by atoms with E-state index in [1.807, 2.05) is 0 Å². The molecule has 6 nitrogen and oxygen atoms in total. The smallest absolute Gasteiger partial charge is 0.338 e. The van der Waals surface area contributed by atoms with Crippen molar-refractivity contribution >= 4 is 23.0 Å². The van der Waals surface area contributed by atoms with Gasteiger partial charge in [-0.05, 0) is 6.07 Å². The molecular formula is C11H8N2O4S. The molecule has 0 saturated heterocycles. The minimum Gasteiger partial charge on any atom is -0.455 e. The van der Waals surface area contributed by atoms with E-state index in [4.69, 9.17) is 4.74 Å². The van der Waals surface area contributed by atoms with Gasteiger partial charge in [0.05, 0.1) is 10.5 Å². The second-order valence-electron chi connectivity index (χ2n) is 3.31. The molecule has 0 fully saturated rings. The second kappa shape index (κ2) is 5.37. The normalized spacial score (nSPS) is 10.0. The summed E-state index contributed by atoms with van der Waals surface area (Å²) in [6.45, 7) is 0.0686. The summed E-state index contributed by atoms with van der Waals surface area (Å²) in [7, 11) is 0. The Morgan fingerprint density at radius 3 is 3.00 bits per heavy atom. The quantitative estimate of drug-likeness (QED) is 0.481. The summed E-state index contributed by atoms with van der Waals surface area (Å²) < 4.78 is 4.99. The molecule has 18 heavy (non-hydrogen) atoms. The maximum atomic E-state index is 11.6. The highest BCUT2D eigenvalue weighted by molar-refractivity contribution is 7.09. The first-order valence-corrected chi connectivity index (χ1v) is 5.85. The number of esters is 1. The maximum absolute atomic E-state index is 11.6. The van der Waals surface area contributed by atoms with Gasteiger partial charge in [-0.15, -0.1) is 11.3 Å². The molecule has 0 aliphatic carbocycles. The number of aromatic nitrogens is 1. The molecule has 1 heterocycles. The van der Waals surface area contributed by atoms with E-state index in [2.05, 4.69) is 4.98 Å². The molecule has 1 aromatic carbocycles. The van der Waals surface area contributed by atoms with Gasteiger partial charge in [-0.1, -0.05) is 6.07 Å². The topological polar surface area (TPSA) is 82.3 Å². The fraction of sp³-hybridized carbons (Fsp3) is 0.0909. The van der Waals surface area contributed by atoms with Gasteiger partial charge in [0, 0.05) is 23.7 Å². The molecule has 1 aromatic heterocycles. The minimum atomic E-state index is -0.603. The molecule has 0 amide bonds. The lowest BCUT2D eigenvalue weighted by molar-refractivity contribution is -0.384. The zero-order valence-electron chi connectivity index (χ0n) is 9.11. The van der Waals surface area contributed by atoms with Crippen molar-refractivity contribution in [1.29, 1.82) is 0 Å². The largest absolute Gasteiger partial charge is 0.455 e. The predicted octanol–water partition coefficient (Wildman–Crippen LogP) is 2.41. The van der Waals surface area contributed by atoms with Crippen molar-refractivity contribution < 1.29 is 14.5 Å². The van der Waals surface area contributed by atoms with Crippen LogP contribution in [-0.4, -0.2) is 15.9 Å². The third kappa shape index (κ3) is 2.89. The van der Waals surface area contributed by atoms with E-state index in [9.17, 15) is 14.9 Å². The molecule has 0 N–H and O–H groups in total. The Bertz CT molecular complexity index is 568. The van der Waals surface area contributed by atoms with E-state index >= 15 is 0 Å². The van der Waals surface area contributed by atoms with Crippen LogP contribution in [0.2, 0.25) is 0 Å². The van der Waals surface area contributed by atoms with Crippen LogP contribution in [-0.2, 0) is 11.3 Å². The highest BCUT2D eigenvalue weighted by Gasteiger charge is 2.12. The van der Waals surface area contributed by atoms with Crippen LogP contribution in [0.3, 0.4) is 0 Å². The predicted molar refractivity (Wildman–Crippen MR) is 64.3 cm³/mol. The number of carbonyl (C=O) groups excluding carboxylic acids is 1. The summed E-state index contributed by atoms with van der Waals surface area (Å²) in [5, 5.41) is 13.0. The van der Waals surface area contributed by atoms with E-state index in [0.717, 1.165) is 0 Å². The highest BCUT2D eigenvalue weighted by Crippen LogP contribution is 2.15. The van der Waals surface area contributed by atoms with E-state index in [-0.39, 0.29) is 17.9 Å². The van der Waals surface area contributed by atoms with Crippen molar-refractivity contribution in [2.75, 3.05) is 0 Å². The summed E-state index contributed by atoms with van der Waals surface area (Å²) in [4.78, 5) is 25.6. The molecule has 0 aliphatic heterocycles. The average Bonchev–Trinajstić information content (AvgIpc) is 2.89. The van der Waals surface area contributed by atoms with Crippen LogP contribution in [0.5, 0.6) is 0 Å². The lowest BCUT2D eigenvalue weighted by Crippen LogP contribution is -2.05. The van der Waals surface area contributed by atoms with E-state index in [1.165, 1.54) is 35.6 Å². The number of ether oxygens (including phenoxy) is 1. The zero-order valence-corrected chi connectivity index (χ0v) is 9.92. The second-order valence-corrected chi connectivity index (χ2v) is 4.29. The summed E-state index contributed by atoms with van der Waals surface area (Å²) in [6, 6.07) is 5.41. The van der Waals surface area contributed by atoms with Crippen LogP contribution >= 0.6 is 11.3 Å². The van der Waals surface area contributed by atoms with Gasteiger partial charge in [0.1, 0.15) is 11.6 Å². The zero-order chi connectivity index (χ0) is 13.0. The molecule has 0 unspecified atom stereocenters. The Balaban J connectivity index is 2.04. The van der Waals surface area contributed by atoms with Crippen LogP contribution in [0.25, 0.3) is 0 Å². The first-order chi connectivity index (χ1) is 8.66. The Hall–Kier alpha value is -2.28. The standard InChI is InChI=1S/C11H8N2O4S/c14-11(17-7-10-12-4-5-18-10)8-2-1-3-9(6-8)13(15)16/h1-6H,7H2. The van der Waals surface area contributed by atoms with Crippen molar-refractivity contribution in [3.05, 3.63) is 56.5 Å². The fourth-order valence-corrected chi connectivity index (χ4v) is 1.81. The van der Waals surface area contributed by atoms with Gasteiger partial charge in [-0.2, -0.15) is 0 Å².